The van der Waals surface area contributed by atoms with Gasteiger partial charge in [-0.3, -0.25) is 10.1 Å². The monoisotopic (exact) mass is 282 g/mol. The van der Waals surface area contributed by atoms with Crippen LogP contribution >= 0.6 is 11.3 Å². The lowest BCUT2D eigenvalue weighted by molar-refractivity contribution is -0.383. The predicted molar refractivity (Wildman–Crippen MR) is 81.6 cm³/mol. The summed E-state index contributed by atoms with van der Waals surface area (Å²) < 4.78 is 0. The minimum atomic E-state index is -0.384. The van der Waals surface area contributed by atoms with E-state index < -0.39 is 0 Å². The predicted octanol–water partition coefficient (Wildman–Crippen LogP) is 4.37. The average Bonchev–Trinajstić information content (AvgIpc) is 2.97. The van der Waals surface area contributed by atoms with Crippen LogP contribution in [0.4, 0.5) is 5.69 Å². The van der Waals surface area contributed by atoms with Crippen LogP contribution in [0.15, 0.2) is 47.2 Å². The van der Waals surface area contributed by atoms with E-state index in [1.807, 2.05) is 29.0 Å². The molecule has 0 fully saturated rings. The third-order valence-corrected chi connectivity index (χ3v) is 3.62. The van der Waals surface area contributed by atoms with Crippen LogP contribution in [-0.2, 0) is 0 Å². The zero-order valence-electron chi connectivity index (χ0n) is 10.4. The van der Waals surface area contributed by atoms with Crippen molar-refractivity contribution in [1.82, 2.24) is 4.98 Å². The van der Waals surface area contributed by atoms with Crippen molar-refractivity contribution in [3.63, 3.8) is 0 Å². The first-order valence-corrected chi connectivity index (χ1v) is 6.93. The number of nitro benzene ring substituents is 1. The number of nitrogens with zero attached hydrogens (tertiary/aromatic N) is 2. The SMILES string of the molecule is O=[N+]([O-])c1cccc2nc(C=Cc3ccsc3)ccc12. The van der Waals surface area contributed by atoms with E-state index >= 15 is 0 Å². The Morgan fingerprint density at radius 3 is 2.80 bits per heavy atom. The van der Waals surface area contributed by atoms with Gasteiger partial charge in [-0.1, -0.05) is 12.1 Å². The van der Waals surface area contributed by atoms with Crippen LogP contribution in [0.3, 0.4) is 0 Å². The number of aromatic nitrogens is 1. The normalized spacial score (nSPS) is 11.2. The number of thiophene rings is 1. The van der Waals surface area contributed by atoms with Gasteiger partial charge in [0, 0.05) is 6.07 Å². The van der Waals surface area contributed by atoms with Crippen molar-refractivity contribution in [2.75, 3.05) is 0 Å². The van der Waals surface area contributed by atoms with Crippen molar-refractivity contribution in [2.24, 2.45) is 0 Å². The Kier molecular flexibility index (Phi) is 3.26. The van der Waals surface area contributed by atoms with Crippen LogP contribution in [0.25, 0.3) is 23.1 Å². The van der Waals surface area contributed by atoms with Gasteiger partial charge < -0.3 is 0 Å². The molecule has 3 aromatic rings. The lowest BCUT2D eigenvalue weighted by Crippen LogP contribution is -1.91. The summed E-state index contributed by atoms with van der Waals surface area (Å²) >= 11 is 1.64. The Labute approximate surface area is 119 Å². The van der Waals surface area contributed by atoms with Crippen molar-refractivity contribution in [3.8, 4) is 0 Å². The molecule has 20 heavy (non-hydrogen) atoms. The van der Waals surface area contributed by atoms with Gasteiger partial charge in [0.05, 0.1) is 21.5 Å². The highest BCUT2D eigenvalue weighted by molar-refractivity contribution is 7.08. The fourth-order valence-corrected chi connectivity index (χ4v) is 2.59. The van der Waals surface area contributed by atoms with Crippen LogP contribution in [0.1, 0.15) is 11.3 Å². The van der Waals surface area contributed by atoms with E-state index in [1.54, 1.807) is 35.6 Å². The fraction of sp³-hybridized carbons (Fsp3) is 0. The number of nitro groups is 1. The average molecular weight is 282 g/mol. The van der Waals surface area contributed by atoms with Gasteiger partial charge in [-0.15, -0.1) is 0 Å². The van der Waals surface area contributed by atoms with E-state index in [9.17, 15) is 10.1 Å². The number of non-ortho nitro benzene ring substituents is 1. The van der Waals surface area contributed by atoms with E-state index in [0.29, 0.717) is 10.9 Å². The van der Waals surface area contributed by atoms with Gasteiger partial charge in [0.1, 0.15) is 0 Å². The summed E-state index contributed by atoms with van der Waals surface area (Å²) in [5.41, 5.74) is 2.62. The van der Waals surface area contributed by atoms with Crippen LogP contribution < -0.4 is 0 Å². The van der Waals surface area contributed by atoms with E-state index in [0.717, 1.165) is 11.3 Å². The van der Waals surface area contributed by atoms with Gasteiger partial charge in [0.2, 0.25) is 0 Å². The van der Waals surface area contributed by atoms with E-state index in [2.05, 4.69) is 4.98 Å². The Balaban J connectivity index is 2.01. The van der Waals surface area contributed by atoms with Gasteiger partial charge in [0.25, 0.3) is 5.69 Å². The summed E-state index contributed by atoms with van der Waals surface area (Å²) in [6.07, 6.45) is 3.88. The maximum absolute atomic E-state index is 10.9. The molecule has 0 unspecified atom stereocenters. The minimum absolute atomic E-state index is 0.0864. The highest BCUT2D eigenvalue weighted by atomic mass is 32.1. The van der Waals surface area contributed by atoms with Crippen molar-refractivity contribution < 1.29 is 4.92 Å². The first kappa shape index (κ1) is 12.5. The standard InChI is InChI=1S/C15H10N2O2S/c18-17(19)15-3-1-2-14-13(15)7-6-12(16-14)5-4-11-8-9-20-10-11/h1-10H. The zero-order chi connectivity index (χ0) is 13.9. The molecule has 0 saturated carbocycles. The number of rotatable bonds is 3. The fourth-order valence-electron chi connectivity index (χ4n) is 1.96. The molecule has 2 aromatic heterocycles. The molecule has 0 amide bonds. The Hall–Kier alpha value is -2.53. The largest absolute Gasteiger partial charge is 0.278 e. The van der Waals surface area contributed by atoms with E-state index in [-0.39, 0.29) is 10.6 Å². The molecule has 0 saturated heterocycles. The second kappa shape index (κ2) is 5.22. The maximum Gasteiger partial charge on any atom is 0.278 e. The molecule has 1 aromatic carbocycles. The van der Waals surface area contributed by atoms with Crippen LogP contribution in [0, 0.1) is 10.1 Å². The summed E-state index contributed by atoms with van der Waals surface area (Å²) in [5.74, 6) is 0. The minimum Gasteiger partial charge on any atom is -0.258 e. The quantitative estimate of drug-likeness (QED) is 0.529. The maximum atomic E-state index is 10.9. The van der Waals surface area contributed by atoms with Gasteiger partial charge in [0.15, 0.2) is 0 Å². The molecule has 2 heterocycles. The summed E-state index contributed by atoms with van der Waals surface area (Å²) in [4.78, 5) is 15.0. The molecule has 98 valence electrons. The smallest absolute Gasteiger partial charge is 0.258 e. The molecular weight excluding hydrogens is 272 g/mol. The molecule has 3 rings (SSSR count). The number of hydrogen-bond donors (Lipinski definition) is 0. The van der Waals surface area contributed by atoms with Crippen LogP contribution in [0.5, 0.6) is 0 Å². The second-order valence-electron chi connectivity index (χ2n) is 4.23. The van der Waals surface area contributed by atoms with Gasteiger partial charge in [-0.25, -0.2) is 4.98 Å². The molecule has 0 bridgehead atoms. The van der Waals surface area contributed by atoms with Crippen molar-refractivity contribution in [2.45, 2.75) is 0 Å². The summed E-state index contributed by atoms with van der Waals surface area (Å²) in [6, 6.07) is 10.5. The highest BCUT2D eigenvalue weighted by Gasteiger charge is 2.11. The zero-order valence-corrected chi connectivity index (χ0v) is 11.2. The molecule has 0 radical (unpaired) electrons. The summed E-state index contributed by atoms with van der Waals surface area (Å²) in [7, 11) is 0. The molecule has 5 heteroatoms. The van der Waals surface area contributed by atoms with Crippen LogP contribution in [-0.4, -0.2) is 9.91 Å². The molecule has 0 aliphatic heterocycles. The topological polar surface area (TPSA) is 56.0 Å². The molecule has 0 atom stereocenters. The lowest BCUT2D eigenvalue weighted by atomic mass is 10.1. The number of benzene rings is 1. The summed E-state index contributed by atoms with van der Waals surface area (Å²) in [6.45, 7) is 0. The third-order valence-electron chi connectivity index (χ3n) is 2.92. The van der Waals surface area contributed by atoms with Crippen LogP contribution in [0.2, 0.25) is 0 Å². The van der Waals surface area contributed by atoms with E-state index in [1.165, 1.54) is 6.07 Å². The number of fused-ring (bicyclic) bond motifs is 1. The second-order valence-corrected chi connectivity index (χ2v) is 5.01. The van der Waals surface area contributed by atoms with Gasteiger partial charge in [-0.2, -0.15) is 11.3 Å². The van der Waals surface area contributed by atoms with Crippen molar-refractivity contribution in [3.05, 3.63) is 68.5 Å². The molecule has 0 N–H and O–H groups in total. The first-order valence-electron chi connectivity index (χ1n) is 5.98. The Morgan fingerprint density at radius 2 is 2.05 bits per heavy atom. The number of hydrogen-bond acceptors (Lipinski definition) is 4. The first-order chi connectivity index (χ1) is 9.74. The molecular formula is C15H10N2O2S. The molecule has 4 nitrogen and oxygen atoms in total. The van der Waals surface area contributed by atoms with E-state index in [4.69, 9.17) is 0 Å². The lowest BCUT2D eigenvalue weighted by Gasteiger charge is -2.00. The number of pyridine rings is 1. The Morgan fingerprint density at radius 1 is 1.15 bits per heavy atom. The van der Waals surface area contributed by atoms with Gasteiger partial charge >= 0.3 is 0 Å². The van der Waals surface area contributed by atoms with Crippen molar-refractivity contribution in [1.29, 1.82) is 0 Å². The van der Waals surface area contributed by atoms with Crippen molar-refractivity contribution >= 4 is 40.1 Å². The Bertz CT molecular complexity index is 795. The summed E-state index contributed by atoms with van der Waals surface area (Å²) in [5, 5.41) is 15.6. The van der Waals surface area contributed by atoms with Gasteiger partial charge in [-0.05, 0) is 46.7 Å². The highest BCUT2D eigenvalue weighted by Crippen LogP contribution is 2.24. The molecule has 0 aliphatic carbocycles. The third kappa shape index (κ3) is 2.44. The molecule has 0 aliphatic rings. The molecule has 0 spiro atoms.